The van der Waals surface area contributed by atoms with Crippen molar-refractivity contribution in [2.75, 3.05) is 6.61 Å². The Morgan fingerprint density at radius 3 is 2.65 bits per heavy atom. The Balaban J connectivity index is 1.50. The molecule has 1 amide bonds. The number of alkyl halides is 3. The van der Waals surface area contributed by atoms with Gasteiger partial charge in [0.2, 0.25) is 11.7 Å². The number of halogens is 3. The molecule has 0 fully saturated rings. The van der Waals surface area contributed by atoms with Gasteiger partial charge < -0.3 is 14.0 Å². The smallest absolute Gasteiger partial charge is 0.395 e. The summed E-state index contributed by atoms with van der Waals surface area (Å²) in [5.41, 5.74) is 0.205. The van der Waals surface area contributed by atoms with Gasteiger partial charge in [-0.2, -0.15) is 18.2 Å². The van der Waals surface area contributed by atoms with Gasteiger partial charge in [0.25, 0.3) is 5.91 Å². The fraction of sp³-hybridized carbons (Fsp3) is 0.150. The lowest BCUT2D eigenvalue weighted by atomic mass is 10.1. The van der Waals surface area contributed by atoms with Gasteiger partial charge in [-0.25, -0.2) is 9.98 Å². The van der Waals surface area contributed by atoms with Crippen molar-refractivity contribution >= 4 is 17.8 Å². The number of aliphatic imine (C=N–C) groups is 1. The van der Waals surface area contributed by atoms with Crippen LogP contribution in [0.2, 0.25) is 0 Å². The summed E-state index contributed by atoms with van der Waals surface area (Å²) in [7, 11) is 0. The van der Waals surface area contributed by atoms with Crippen molar-refractivity contribution in [3.8, 4) is 11.4 Å². The fourth-order valence-corrected chi connectivity index (χ4v) is 2.76. The van der Waals surface area contributed by atoms with Crippen LogP contribution in [0.5, 0.6) is 0 Å². The Labute approximate surface area is 172 Å². The number of aliphatic hydroxyl groups excluding tert-OH is 1. The van der Waals surface area contributed by atoms with Crippen molar-refractivity contribution in [1.82, 2.24) is 19.5 Å². The van der Waals surface area contributed by atoms with E-state index in [2.05, 4.69) is 20.1 Å². The normalized spacial score (nSPS) is 13.2. The third-order valence-electron chi connectivity index (χ3n) is 4.38. The minimum Gasteiger partial charge on any atom is -0.395 e. The monoisotopic (exact) mass is 429 g/mol. The van der Waals surface area contributed by atoms with Crippen LogP contribution in [-0.2, 0) is 6.18 Å². The number of benzene rings is 1. The molecule has 0 spiro atoms. The van der Waals surface area contributed by atoms with E-state index in [9.17, 15) is 23.1 Å². The highest BCUT2D eigenvalue weighted by molar-refractivity contribution is 5.98. The van der Waals surface area contributed by atoms with Crippen LogP contribution in [0.1, 0.15) is 27.9 Å². The first kappa shape index (κ1) is 20.4. The molecule has 0 aliphatic heterocycles. The van der Waals surface area contributed by atoms with Gasteiger partial charge in [-0.3, -0.25) is 4.79 Å². The molecule has 158 valence electrons. The Bertz CT molecular complexity index is 1210. The molecule has 0 saturated carbocycles. The topological polar surface area (TPSA) is 106 Å². The number of rotatable bonds is 5. The summed E-state index contributed by atoms with van der Waals surface area (Å²) in [5.74, 6) is -1.49. The second-order valence-corrected chi connectivity index (χ2v) is 6.50. The summed E-state index contributed by atoms with van der Waals surface area (Å²) in [6.45, 7) is -0.476. The second kappa shape index (κ2) is 8.11. The maximum atomic E-state index is 12.7. The number of fused-ring (bicyclic) bond motifs is 1. The lowest BCUT2D eigenvalue weighted by Gasteiger charge is -2.05. The molecule has 4 aromatic rings. The Hall–Kier alpha value is -3.86. The summed E-state index contributed by atoms with van der Waals surface area (Å²) >= 11 is 0. The Kier molecular flexibility index (Phi) is 5.34. The first-order valence-electron chi connectivity index (χ1n) is 8.99. The zero-order valence-corrected chi connectivity index (χ0v) is 15.7. The summed E-state index contributed by atoms with van der Waals surface area (Å²) in [5, 5.41) is 13.3. The van der Waals surface area contributed by atoms with Gasteiger partial charge in [0.05, 0.1) is 18.1 Å². The van der Waals surface area contributed by atoms with Crippen LogP contribution in [0.25, 0.3) is 17.0 Å². The van der Waals surface area contributed by atoms with E-state index in [1.807, 2.05) is 0 Å². The largest absolute Gasteiger partial charge is 0.416 e. The average Bonchev–Trinajstić information content (AvgIpc) is 3.41. The van der Waals surface area contributed by atoms with E-state index in [0.29, 0.717) is 11.2 Å². The van der Waals surface area contributed by atoms with Crippen molar-refractivity contribution in [2.24, 2.45) is 4.99 Å². The summed E-state index contributed by atoms with van der Waals surface area (Å²) < 4.78 is 44.8. The number of imidazole rings is 1. The second-order valence-electron chi connectivity index (χ2n) is 6.50. The third kappa shape index (κ3) is 4.36. The molecule has 1 atom stereocenters. The van der Waals surface area contributed by atoms with Crippen molar-refractivity contribution in [1.29, 1.82) is 0 Å². The number of amides is 1. The molecule has 3 aromatic heterocycles. The van der Waals surface area contributed by atoms with Crippen molar-refractivity contribution < 1.29 is 27.6 Å². The van der Waals surface area contributed by atoms with Crippen LogP contribution >= 0.6 is 0 Å². The lowest BCUT2D eigenvalue weighted by molar-refractivity contribution is -0.137. The highest BCUT2D eigenvalue weighted by Crippen LogP contribution is 2.30. The molecule has 31 heavy (non-hydrogen) atoms. The minimum absolute atomic E-state index is 0.0380. The SMILES string of the molecule is O=C(/N=C\C(CO)c1nc(-c2ccc(C(F)(F)F)cc2)no1)c1cn2ccccc2n1. The summed E-state index contributed by atoms with van der Waals surface area (Å²) in [6.07, 6.45) is -0.0256. The number of nitrogens with zero attached hydrogens (tertiary/aromatic N) is 5. The van der Waals surface area contributed by atoms with Crippen molar-refractivity contribution in [2.45, 2.75) is 12.1 Å². The predicted molar refractivity (Wildman–Crippen MR) is 103 cm³/mol. The van der Waals surface area contributed by atoms with Gasteiger partial charge in [0, 0.05) is 24.2 Å². The van der Waals surface area contributed by atoms with Gasteiger partial charge in [0.1, 0.15) is 11.3 Å². The number of pyridine rings is 1. The standard InChI is InChI=1S/C20H14F3N5O3/c21-20(22,23)14-6-4-12(5-7-14)17-26-19(31-27-17)13(11-29)9-24-18(30)15-10-28-8-2-1-3-16(28)25-15/h1-10,13,29H,11H2/b24-9-. The molecule has 11 heteroatoms. The molecule has 4 rings (SSSR count). The van der Waals surface area contributed by atoms with Crippen LogP contribution in [0.15, 0.2) is 64.4 Å². The number of hydrogen-bond donors (Lipinski definition) is 1. The molecule has 0 radical (unpaired) electrons. The van der Waals surface area contributed by atoms with E-state index in [1.54, 1.807) is 28.8 Å². The van der Waals surface area contributed by atoms with Crippen LogP contribution in [0, 0.1) is 0 Å². The van der Waals surface area contributed by atoms with E-state index in [0.717, 1.165) is 18.3 Å². The van der Waals surface area contributed by atoms with Crippen LogP contribution in [-0.4, -0.2) is 43.4 Å². The van der Waals surface area contributed by atoms with E-state index < -0.39 is 30.2 Å². The van der Waals surface area contributed by atoms with E-state index in [-0.39, 0.29) is 17.4 Å². The molecule has 3 heterocycles. The summed E-state index contributed by atoms with van der Waals surface area (Å²) in [6, 6.07) is 9.55. The molecular formula is C20H14F3N5O3. The zero-order valence-electron chi connectivity index (χ0n) is 15.7. The van der Waals surface area contributed by atoms with Crippen molar-refractivity contribution in [3.63, 3.8) is 0 Å². The molecule has 1 unspecified atom stereocenters. The highest BCUT2D eigenvalue weighted by atomic mass is 19.4. The molecule has 0 aliphatic carbocycles. The Morgan fingerprint density at radius 2 is 1.97 bits per heavy atom. The molecular weight excluding hydrogens is 415 g/mol. The van der Waals surface area contributed by atoms with Crippen LogP contribution in [0.3, 0.4) is 0 Å². The molecule has 8 nitrogen and oxygen atoms in total. The number of hydrogen-bond acceptors (Lipinski definition) is 6. The van der Waals surface area contributed by atoms with Gasteiger partial charge in [-0.15, -0.1) is 0 Å². The molecule has 0 aliphatic rings. The third-order valence-corrected chi connectivity index (χ3v) is 4.38. The first-order chi connectivity index (χ1) is 14.8. The number of carbonyl (C=O) groups excluding carboxylic acids is 1. The molecule has 0 bridgehead atoms. The van der Waals surface area contributed by atoms with E-state index in [4.69, 9.17) is 4.52 Å². The Morgan fingerprint density at radius 1 is 1.19 bits per heavy atom. The van der Waals surface area contributed by atoms with Gasteiger partial charge in [-0.05, 0) is 24.3 Å². The number of aromatic nitrogens is 4. The van der Waals surface area contributed by atoms with E-state index >= 15 is 0 Å². The lowest BCUT2D eigenvalue weighted by Crippen LogP contribution is -2.08. The fourth-order valence-electron chi connectivity index (χ4n) is 2.76. The molecule has 0 saturated heterocycles. The highest BCUT2D eigenvalue weighted by Gasteiger charge is 2.30. The first-order valence-corrected chi connectivity index (χ1v) is 8.99. The van der Waals surface area contributed by atoms with Crippen LogP contribution in [0.4, 0.5) is 13.2 Å². The van der Waals surface area contributed by atoms with Crippen molar-refractivity contribution in [3.05, 3.63) is 72.0 Å². The number of aliphatic hydroxyl groups is 1. The zero-order chi connectivity index (χ0) is 22.0. The van der Waals surface area contributed by atoms with Gasteiger partial charge in [0.15, 0.2) is 0 Å². The van der Waals surface area contributed by atoms with Gasteiger partial charge in [-0.1, -0.05) is 23.4 Å². The molecule has 1 aromatic carbocycles. The maximum absolute atomic E-state index is 12.7. The maximum Gasteiger partial charge on any atom is 0.416 e. The average molecular weight is 429 g/mol. The van der Waals surface area contributed by atoms with E-state index in [1.165, 1.54) is 18.3 Å². The molecule has 1 N–H and O–H groups in total. The van der Waals surface area contributed by atoms with Crippen LogP contribution < -0.4 is 0 Å². The minimum atomic E-state index is -4.45. The summed E-state index contributed by atoms with van der Waals surface area (Å²) in [4.78, 5) is 24.3. The predicted octanol–water partition coefficient (Wildman–Crippen LogP) is 3.39. The number of carbonyl (C=O) groups is 1. The van der Waals surface area contributed by atoms with Gasteiger partial charge >= 0.3 is 6.18 Å². The quantitative estimate of drug-likeness (QED) is 0.488.